The molecule has 2 nitrogen and oxygen atoms in total. The number of hydrogen-bond donors (Lipinski definition) is 0. The number of halogens is 4. The summed E-state index contributed by atoms with van der Waals surface area (Å²) in [5, 5.41) is 0. The van der Waals surface area contributed by atoms with Crippen molar-refractivity contribution in [1.82, 2.24) is 4.90 Å². The number of alkyl halides is 3. The van der Waals surface area contributed by atoms with Gasteiger partial charge in [-0.1, -0.05) is 34.1 Å². The van der Waals surface area contributed by atoms with E-state index in [1.807, 2.05) is 0 Å². The molecule has 1 aromatic carbocycles. The van der Waals surface area contributed by atoms with Crippen molar-refractivity contribution in [3.05, 3.63) is 34.3 Å². The molecular formula is C11H11BrF3NO. The Morgan fingerprint density at radius 3 is 2.47 bits per heavy atom. The molecule has 0 saturated carbocycles. The number of hydrogen-bond acceptors (Lipinski definition) is 1. The molecule has 17 heavy (non-hydrogen) atoms. The van der Waals surface area contributed by atoms with Crippen LogP contribution in [0.4, 0.5) is 13.2 Å². The van der Waals surface area contributed by atoms with Gasteiger partial charge in [-0.25, -0.2) is 0 Å². The number of carbonyl (C=O) groups excluding carboxylic acids is 1. The van der Waals surface area contributed by atoms with E-state index in [-0.39, 0.29) is 6.54 Å². The van der Waals surface area contributed by atoms with Crippen LogP contribution in [0.2, 0.25) is 0 Å². The van der Waals surface area contributed by atoms with Crippen LogP contribution >= 0.6 is 15.9 Å². The van der Waals surface area contributed by atoms with Crippen LogP contribution in [-0.2, 0) is 11.3 Å². The third-order valence-electron chi connectivity index (χ3n) is 2.14. The molecule has 0 saturated heterocycles. The molecule has 0 heterocycles. The molecule has 6 heteroatoms. The Labute approximate surface area is 106 Å². The normalized spacial score (nSPS) is 11.4. The zero-order valence-electron chi connectivity index (χ0n) is 9.09. The lowest BCUT2D eigenvalue weighted by Gasteiger charge is -2.18. The summed E-state index contributed by atoms with van der Waals surface area (Å²) in [5.41, 5.74) is 0.769. The fourth-order valence-corrected chi connectivity index (χ4v) is 1.69. The smallest absolute Gasteiger partial charge is 0.341 e. The molecule has 1 rings (SSSR count). The summed E-state index contributed by atoms with van der Waals surface area (Å²) in [6, 6.07) is 7.09. The topological polar surface area (TPSA) is 20.3 Å². The monoisotopic (exact) mass is 309 g/mol. The number of rotatable bonds is 3. The average molecular weight is 310 g/mol. The van der Waals surface area contributed by atoms with Crippen LogP contribution in [0.15, 0.2) is 28.7 Å². The minimum Gasteiger partial charge on any atom is -0.341 e. The Hall–Kier alpha value is -1.04. The second-order valence-corrected chi connectivity index (χ2v) is 4.49. The highest BCUT2D eigenvalue weighted by Gasteiger charge is 2.32. The fourth-order valence-electron chi connectivity index (χ4n) is 1.28. The highest BCUT2D eigenvalue weighted by Crippen LogP contribution is 2.22. The van der Waals surface area contributed by atoms with Crippen molar-refractivity contribution in [2.75, 3.05) is 7.05 Å². The SMILES string of the molecule is CN(Cc1ccccc1Br)C(=O)CC(F)(F)F. The van der Waals surface area contributed by atoms with Gasteiger partial charge in [0.25, 0.3) is 0 Å². The van der Waals surface area contributed by atoms with Gasteiger partial charge in [0.15, 0.2) is 0 Å². The van der Waals surface area contributed by atoms with E-state index in [1.54, 1.807) is 24.3 Å². The van der Waals surface area contributed by atoms with Gasteiger partial charge in [0.2, 0.25) is 5.91 Å². The van der Waals surface area contributed by atoms with Gasteiger partial charge in [-0.15, -0.1) is 0 Å². The molecule has 1 aromatic rings. The second kappa shape index (κ2) is 5.53. The molecule has 0 unspecified atom stereocenters. The summed E-state index contributed by atoms with van der Waals surface area (Å²) in [6.45, 7) is 0.149. The molecule has 94 valence electrons. The molecule has 0 aliphatic heterocycles. The number of amides is 1. The van der Waals surface area contributed by atoms with E-state index in [1.165, 1.54) is 7.05 Å². The van der Waals surface area contributed by atoms with E-state index in [9.17, 15) is 18.0 Å². The van der Waals surface area contributed by atoms with E-state index >= 15 is 0 Å². The van der Waals surface area contributed by atoms with Crippen LogP contribution in [0.25, 0.3) is 0 Å². The summed E-state index contributed by atoms with van der Waals surface area (Å²) in [6.07, 6.45) is -5.88. The third-order valence-corrected chi connectivity index (χ3v) is 2.92. The molecule has 0 fully saturated rings. The first-order chi connectivity index (χ1) is 7.79. The van der Waals surface area contributed by atoms with Crippen LogP contribution in [0.3, 0.4) is 0 Å². The van der Waals surface area contributed by atoms with Crippen LogP contribution in [0.5, 0.6) is 0 Å². The first-order valence-corrected chi connectivity index (χ1v) is 5.63. The van der Waals surface area contributed by atoms with Crippen LogP contribution in [-0.4, -0.2) is 24.0 Å². The molecule has 0 aliphatic carbocycles. The minimum atomic E-state index is -4.46. The minimum absolute atomic E-state index is 0.149. The van der Waals surface area contributed by atoms with Crippen molar-refractivity contribution in [3.8, 4) is 0 Å². The van der Waals surface area contributed by atoms with E-state index < -0.39 is 18.5 Å². The van der Waals surface area contributed by atoms with Crippen LogP contribution < -0.4 is 0 Å². The van der Waals surface area contributed by atoms with Gasteiger partial charge < -0.3 is 4.90 Å². The van der Waals surface area contributed by atoms with Crippen molar-refractivity contribution >= 4 is 21.8 Å². The lowest BCUT2D eigenvalue weighted by atomic mass is 10.2. The molecule has 1 amide bonds. The van der Waals surface area contributed by atoms with Gasteiger partial charge in [0.1, 0.15) is 6.42 Å². The third kappa shape index (κ3) is 4.77. The number of carbonyl (C=O) groups is 1. The maximum Gasteiger partial charge on any atom is 0.397 e. The van der Waals surface area contributed by atoms with Gasteiger partial charge in [-0.2, -0.15) is 13.2 Å². The standard InChI is InChI=1S/C11H11BrF3NO/c1-16(10(17)6-11(13,14)15)7-8-4-2-3-5-9(8)12/h2-5H,6-7H2,1H3. The van der Waals surface area contributed by atoms with Gasteiger partial charge in [0.05, 0.1) is 0 Å². The molecule has 0 radical (unpaired) electrons. The molecule has 0 aliphatic rings. The number of benzene rings is 1. The maximum atomic E-state index is 12.0. The summed E-state index contributed by atoms with van der Waals surface area (Å²) in [4.78, 5) is 12.3. The Kier molecular flexibility index (Phi) is 4.56. The molecule has 0 spiro atoms. The Morgan fingerprint density at radius 1 is 1.35 bits per heavy atom. The summed E-state index contributed by atoms with van der Waals surface area (Å²) < 4.78 is 36.9. The van der Waals surface area contributed by atoms with Crippen molar-refractivity contribution in [2.45, 2.75) is 19.1 Å². The Morgan fingerprint density at radius 2 is 1.94 bits per heavy atom. The maximum absolute atomic E-state index is 12.0. The lowest BCUT2D eigenvalue weighted by molar-refractivity contribution is -0.160. The van der Waals surface area contributed by atoms with Gasteiger partial charge in [0, 0.05) is 18.1 Å². The van der Waals surface area contributed by atoms with E-state index in [2.05, 4.69) is 15.9 Å². The second-order valence-electron chi connectivity index (χ2n) is 3.63. The van der Waals surface area contributed by atoms with E-state index in [0.717, 1.165) is 14.9 Å². The van der Waals surface area contributed by atoms with Crippen molar-refractivity contribution in [2.24, 2.45) is 0 Å². The van der Waals surface area contributed by atoms with Crippen molar-refractivity contribution in [3.63, 3.8) is 0 Å². The Balaban J connectivity index is 2.64. The van der Waals surface area contributed by atoms with Crippen LogP contribution in [0.1, 0.15) is 12.0 Å². The van der Waals surface area contributed by atoms with Crippen LogP contribution in [0, 0.1) is 0 Å². The first kappa shape index (κ1) is 14.0. The molecule has 0 bridgehead atoms. The van der Waals surface area contributed by atoms with Crippen molar-refractivity contribution in [1.29, 1.82) is 0 Å². The lowest BCUT2D eigenvalue weighted by Crippen LogP contribution is -2.30. The highest BCUT2D eigenvalue weighted by atomic mass is 79.9. The highest BCUT2D eigenvalue weighted by molar-refractivity contribution is 9.10. The fraction of sp³-hybridized carbons (Fsp3) is 0.364. The van der Waals surface area contributed by atoms with Gasteiger partial charge in [-0.05, 0) is 11.6 Å². The van der Waals surface area contributed by atoms with E-state index in [0.29, 0.717) is 0 Å². The summed E-state index contributed by atoms with van der Waals surface area (Å²) in [7, 11) is 1.35. The predicted molar refractivity (Wildman–Crippen MR) is 61.3 cm³/mol. The largest absolute Gasteiger partial charge is 0.397 e. The van der Waals surface area contributed by atoms with Gasteiger partial charge in [-0.3, -0.25) is 4.79 Å². The molecular weight excluding hydrogens is 299 g/mol. The molecule has 0 atom stereocenters. The van der Waals surface area contributed by atoms with Crippen molar-refractivity contribution < 1.29 is 18.0 Å². The summed E-state index contributed by atoms with van der Waals surface area (Å²) in [5.74, 6) is -0.937. The van der Waals surface area contributed by atoms with Gasteiger partial charge >= 0.3 is 6.18 Å². The molecule has 0 aromatic heterocycles. The predicted octanol–water partition coefficient (Wildman–Crippen LogP) is 3.36. The summed E-state index contributed by atoms with van der Waals surface area (Å²) >= 11 is 3.28. The number of nitrogens with zero attached hydrogens (tertiary/aromatic N) is 1. The zero-order valence-corrected chi connectivity index (χ0v) is 10.7. The Bertz CT molecular complexity index is 406. The zero-order chi connectivity index (χ0) is 13.1. The first-order valence-electron chi connectivity index (χ1n) is 4.84. The molecule has 0 N–H and O–H groups in total. The van der Waals surface area contributed by atoms with E-state index in [4.69, 9.17) is 0 Å². The average Bonchev–Trinajstić information content (AvgIpc) is 2.18. The quantitative estimate of drug-likeness (QED) is 0.838.